The van der Waals surface area contributed by atoms with Crippen LogP contribution in [0, 0.1) is 5.41 Å². The van der Waals surface area contributed by atoms with Crippen LogP contribution in [0.3, 0.4) is 0 Å². The number of nitrogens with one attached hydrogen (secondary N) is 1. The normalized spacial score (nSPS) is 11.9. The van der Waals surface area contributed by atoms with Gasteiger partial charge in [0, 0.05) is 11.6 Å². The fraction of sp³-hybridized carbons (Fsp3) is 0.238. The SMILES string of the molecule is CCOC(=O)/C=C(/C)c1ccc(CCS(=O)(=O)c2cc(C(=N)N)ccc2O)cc1. The molecule has 0 aliphatic heterocycles. The molecule has 4 N–H and O–H groups in total. The molecule has 0 unspecified atom stereocenters. The highest BCUT2D eigenvalue weighted by Gasteiger charge is 2.20. The number of esters is 1. The van der Waals surface area contributed by atoms with E-state index in [-0.39, 0.29) is 34.2 Å². The molecule has 2 aromatic carbocycles. The van der Waals surface area contributed by atoms with Crippen molar-refractivity contribution < 1.29 is 23.1 Å². The molecule has 0 aliphatic rings. The van der Waals surface area contributed by atoms with Crippen LogP contribution in [0.25, 0.3) is 5.57 Å². The molecule has 29 heavy (non-hydrogen) atoms. The van der Waals surface area contributed by atoms with Gasteiger partial charge in [0.05, 0.1) is 12.4 Å². The van der Waals surface area contributed by atoms with Crippen molar-refractivity contribution in [2.45, 2.75) is 25.2 Å². The second kappa shape index (κ2) is 9.38. The predicted octanol–water partition coefficient (Wildman–Crippen LogP) is 2.66. The third kappa shape index (κ3) is 5.92. The Morgan fingerprint density at radius 2 is 1.79 bits per heavy atom. The molecule has 0 aromatic heterocycles. The van der Waals surface area contributed by atoms with Gasteiger partial charge < -0.3 is 15.6 Å². The zero-order valence-corrected chi connectivity index (χ0v) is 17.1. The molecule has 8 heteroatoms. The van der Waals surface area contributed by atoms with E-state index >= 15 is 0 Å². The molecule has 2 rings (SSSR count). The number of aromatic hydroxyl groups is 1. The zero-order valence-electron chi connectivity index (χ0n) is 16.3. The van der Waals surface area contributed by atoms with Crippen molar-refractivity contribution in [3.63, 3.8) is 0 Å². The Labute approximate surface area is 170 Å². The van der Waals surface area contributed by atoms with Crippen LogP contribution in [-0.2, 0) is 25.8 Å². The Balaban J connectivity index is 2.13. The largest absolute Gasteiger partial charge is 0.507 e. The number of ether oxygens (including phenoxy) is 1. The number of sulfone groups is 1. The second-order valence-electron chi connectivity index (χ2n) is 6.44. The molecular formula is C21H24N2O5S. The maximum absolute atomic E-state index is 12.6. The van der Waals surface area contributed by atoms with E-state index in [2.05, 4.69) is 0 Å². The minimum Gasteiger partial charge on any atom is -0.507 e. The van der Waals surface area contributed by atoms with Crippen LogP contribution >= 0.6 is 0 Å². The van der Waals surface area contributed by atoms with Gasteiger partial charge in [-0.2, -0.15) is 0 Å². The Kier molecular flexibility index (Phi) is 7.17. The molecule has 0 saturated heterocycles. The summed E-state index contributed by atoms with van der Waals surface area (Å²) < 4.78 is 30.1. The Morgan fingerprint density at radius 1 is 1.17 bits per heavy atom. The van der Waals surface area contributed by atoms with Crippen LogP contribution < -0.4 is 5.73 Å². The highest BCUT2D eigenvalue weighted by Crippen LogP contribution is 2.25. The number of carbonyl (C=O) groups is 1. The van der Waals surface area contributed by atoms with Crippen molar-refractivity contribution in [3.05, 3.63) is 65.2 Å². The third-order valence-electron chi connectivity index (χ3n) is 4.30. The fourth-order valence-electron chi connectivity index (χ4n) is 2.67. The van der Waals surface area contributed by atoms with Crippen molar-refractivity contribution in [1.82, 2.24) is 0 Å². The topological polar surface area (TPSA) is 131 Å². The van der Waals surface area contributed by atoms with E-state index in [1.807, 2.05) is 0 Å². The van der Waals surface area contributed by atoms with Crippen molar-refractivity contribution in [2.24, 2.45) is 5.73 Å². The number of phenols is 1. The van der Waals surface area contributed by atoms with Gasteiger partial charge in [-0.3, -0.25) is 5.41 Å². The van der Waals surface area contributed by atoms with E-state index in [9.17, 15) is 18.3 Å². The van der Waals surface area contributed by atoms with Gasteiger partial charge in [-0.1, -0.05) is 24.3 Å². The van der Waals surface area contributed by atoms with Crippen molar-refractivity contribution in [3.8, 4) is 5.75 Å². The average molecular weight is 416 g/mol. The minimum absolute atomic E-state index is 0.209. The minimum atomic E-state index is -3.77. The maximum Gasteiger partial charge on any atom is 0.331 e. The highest BCUT2D eigenvalue weighted by molar-refractivity contribution is 7.91. The number of hydrogen-bond donors (Lipinski definition) is 3. The summed E-state index contributed by atoms with van der Waals surface area (Å²) in [5, 5.41) is 17.4. The van der Waals surface area contributed by atoms with Gasteiger partial charge in [0.25, 0.3) is 0 Å². The summed E-state index contributed by atoms with van der Waals surface area (Å²) in [6, 6.07) is 11.0. The average Bonchev–Trinajstić information content (AvgIpc) is 2.67. The molecule has 0 atom stereocenters. The molecule has 0 fully saturated rings. The number of rotatable bonds is 8. The number of benzene rings is 2. The molecule has 0 saturated carbocycles. The summed E-state index contributed by atoms with van der Waals surface area (Å²) in [5.41, 5.74) is 8.00. The number of nitrogen functional groups attached to an aromatic ring is 1. The summed E-state index contributed by atoms with van der Waals surface area (Å²) >= 11 is 0. The van der Waals surface area contributed by atoms with E-state index in [1.165, 1.54) is 24.3 Å². The number of allylic oxidation sites excluding steroid dienone is 1. The van der Waals surface area contributed by atoms with Crippen molar-refractivity contribution in [1.29, 1.82) is 5.41 Å². The van der Waals surface area contributed by atoms with Crippen LogP contribution in [0.1, 0.15) is 30.5 Å². The third-order valence-corrected chi connectivity index (χ3v) is 6.03. The Morgan fingerprint density at radius 3 is 2.38 bits per heavy atom. The standard InChI is InChI=1S/C21H24N2O5S/c1-3-28-20(25)12-14(2)16-6-4-15(5-7-16)10-11-29(26,27)19-13-17(21(22)23)8-9-18(19)24/h4-9,12-13,24H,3,10-11H2,1-2H3,(H3,22,23)/b14-12-. The monoisotopic (exact) mass is 416 g/mol. The molecule has 2 aromatic rings. The summed E-state index contributed by atoms with van der Waals surface area (Å²) in [7, 11) is -3.77. The first-order valence-corrected chi connectivity index (χ1v) is 10.6. The first-order valence-electron chi connectivity index (χ1n) is 8.98. The van der Waals surface area contributed by atoms with Crippen LogP contribution in [0.2, 0.25) is 0 Å². The molecular weight excluding hydrogens is 392 g/mol. The van der Waals surface area contributed by atoms with Gasteiger partial charge >= 0.3 is 5.97 Å². The molecule has 7 nitrogen and oxygen atoms in total. The molecule has 0 bridgehead atoms. The summed E-state index contributed by atoms with van der Waals surface area (Å²) in [5.74, 6) is -1.26. The molecule has 154 valence electrons. The summed E-state index contributed by atoms with van der Waals surface area (Å²) in [6.45, 7) is 3.84. The first-order chi connectivity index (χ1) is 13.6. The molecule has 0 heterocycles. The second-order valence-corrected chi connectivity index (χ2v) is 8.52. The number of hydrogen-bond acceptors (Lipinski definition) is 6. The predicted molar refractivity (Wildman–Crippen MR) is 112 cm³/mol. The summed E-state index contributed by atoms with van der Waals surface area (Å²) in [6.07, 6.45) is 1.65. The van der Waals surface area contributed by atoms with Gasteiger partial charge in [0.15, 0.2) is 9.84 Å². The lowest BCUT2D eigenvalue weighted by atomic mass is 10.0. The Bertz CT molecular complexity index is 1040. The van der Waals surface area contributed by atoms with Gasteiger partial charge in [0.2, 0.25) is 0 Å². The summed E-state index contributed by atoms with van der Waals surface area (Å²) in [4.78, 5) is 11.3. The zero-order chi connectivity index (χ0) is 21.6. The van der Waals surface area contributed by atoms with Crippen molar-refractivity contribution in [2.75, 3.05) is 12.4 Å². The quantitative estimate of drug-likeness (QED) is 0.262. The number of nitrogens with two attached hydrogens (primary N) is 1. The first kappa shape index (κ1) is 22.2. The molecule has 0 amide bonds. The molecule has 0 radical (unpaired) electrons. The van der Waals surface area contributed by atoms with E-state index in [4.69, 9.17) is 15.9 Å². The number of aryl methyl sites for hydroxylation is 1. The van der Waals surface area contributed by atoms with Crippen LogP contribution in [0.5, 0.6) is 5.75 Å². The van der Waals surface area contributed by atoms with Gasteiger partial charge in [-0.15, -0.1) is 0 Å². The van der Waals surface area contributed by atoms with E-state index < -0.39 is 15.8 Å². The van der Waals surface area contributed by atoms with Gasteiger partial charge in [-0.25, -0.2) is 13.2 Å². The van der Waals surface area contributed by atoms with E-state index in [0.29, 0.717) is 6.61 Å². The van der Waals surface area contributed by atoms with E-state index in [0.717, 1.165) is 16.7 Å². The smallest absolute Gasteiger partial charge is 0.331 e. The molecule has 0 spiro atoms. The Hall–Kier alpha value is -3.13. The van der Waals surface area contributed by atoms with Gasteiger partial charge in [0.1, 0.15) is 16.5 Å². The van der Waals surface area contributed by atoms with E-state index in [1.54, 1.807) is 38.1 Å². The van der Waals surface area contributed by atoms with Crippen LogP contribution in [0.4, 0.5) is 0 Å². The highest BCUT2D eigenvalue weighted by atomic mass is 32.2. The molecule has 0 aliphatic carbocycles. The number of carbonyl (C=O) groups excluding carboxylic acids is 1. The lowest BCUT2D eigenvalue weighted by molar-refractivity contribution is -0.137. The van der Waals surface area contributed by atoms with Gasteiger partial charge in [-0.05, 0) is 55.2 Å². The number of phenolic OH excluding ortho intramolecular Hbond substituents is 1. The fourth-order valence-corrected chi connectivity index (χ4v) is 4.09. The lowest BCUT2D eigenvalue weighted by Gasteiger charge is -2.09. The maximum atomic E-state index is 12.6. The number of amidine groups is 1. The lowest BCUT2D eigenvalue weighted by Crippen LogP contribution is -2.14. The van der Waals surface area contributed by atoms with Crippen molar-refractivity contribution >= 4 is 27.2 Å². The van der Waals surface area contributed by atoms with Crippen LogP contribution in [0.15, 0.2) is 53.4 Å². The van der Waals surface area contributed by atoms with Crippen LogP contribution in [-0.4, -0.2) is 37.7 Å².